The molecule has 1 aromatic rings. The Hall–Kier alpha value is -1.82. The van der Waals surface area contributed by atoms with E-state index in [1.807, 2.05) is 0 Å². The molecule has 6 nitrogen and oxygen atoms in total. The van der Waals surface area contributed by atoms with E-state index >= 15 is 0 Å². The standard InChI is InChI=1S/C15H21NO5/c1-20-10-11-6-7-12(21-11)13(17)16-15(14(18)19)8-4-2-3-5-9-15/h6-7H,2-5,8-10H2,1H3,(H,16,17)(H,18,19). The summed E-state index contributed by atoms with van der Waals surface area (Å²) in [5.74, 6) is -0.803. The van der Waals surface area contributed by atoms with Crippen LogP contribution in [0.3, 0.4) is 0 Å². The summed E-state index contributed by atoms with van der Waals surface area (Å²) in [5, 5.41) is 12.2. The lowest BCUT2D eigenvalue weighted by Crippen LogP contribution is -2.54. The van der Waals surface area contributed by atoms with E-state index in [-0.39, 0.29) is 12.4 Å². The number of carbonyl (C=O) groups is 2. The molecule has 0 spiro atoms. The number of rotatable bonds is 5. The number of nitrogens with one attached hydrogen (secondary N) is 1. The average Bonchev–Trinajstić information content (AvgIpc) is 2.78. The molecule has 1 saturated carbocycles. The lowest BCUT2D eigenvalue weighted by atomic mass is 9.90. The van der Waals surface area contributed by atoms with E-state index in [9.17, 15) is 14.7 Å². The van der Waals surface area contributed by atoms with Gasteiger partial charge >= 0.3 is 5.97 Å². The van der Waals surface area contributed by atoms with Crippen LogP contribution in [0, 0.1) is 0 Å². The maximum atomic E-state index is 12.2. The summed E-state index contributed by atoms with van der Waals surface area (Å²) in [6.07, 6.45) is 4.53. The second-order valence-corrected chi connectivity index (χ2v) is 5.45. The number of carbonyl (C=O) groups excluding carboxylic acids is 1. The predicted molar refractivity (Wildman–Crippen MR) is 75.0 cm³/mol. The third-order valence-electron chi connectivity index (χ3n) is 3.89. The molecule has 2 rings (SSSR count). The van der Waals surface area contributed by atoms with Crippen molar-refractivity contribution >= 4 is 11.9 Å². The smallest absolute Gasteiger partial charge is 0.329 e. The van der Waals surface area contributed by atoms with Crippen LogP contribution in [0.15, 0.2) is 16.5 Å². The largest absolute Gasteiger partial charge is 0.480 e. The van der Waals surface area contributed by atoms with Crippen LogP contribution in [0.25, 0.3) is 0 Å². The molecule has 1 aliphatic carbocycles. The molecule has 1 amide bonds. The number of hydrogen-bond acceptors (Lipinski definition) is 4. The average molecular weight is 295 g/mol. The van der Waals surface area contributed by atoms with E-state index in [4.69, 9.17) is 9.15 Å². The first-order valence-electron chi connectivity index (χ1n) is 7.21. The van der Waals surface area contributed by atoms with Crippen LogP contribution in [-0.2, 0) is 16.1 Å². The molecule has 0 unspecified atom stereocenters. The summed E-state index contributed by atoms with van der Waals surface area (Å²) in [5.41, 5.74) is -1.18. The van der Waals surface area contributed by atoms with Gasteiger partial charge in [-0.3, -0.25) is 4.79 Å². The van der Waals surface area contributed by atoms with Gasteiger partial charge in [0.15, 0.2) is 5.76 Å². The molecular formula is C15H21NO5. The molecule has 0 aromatic carbocycles. The van der Waals surface area contributed by atoms with Crippen molar-refractivity contribution in [2.24, 2.45) is 0 Å². The van der Waals surface area contributed by atoms with Crippen LogP contribution in [0.1, 0.15) is 54.8 Å². The van der Waals surface area contributed by atoms with Gasteiger partial charge in [-0.2, -0.15) is 0 Å². The third-order valence-corrected chi connectivity index (χ3v) is 3.89. The molecule has 0 aliphatic heterocycles. The fraction of sp³-hybridized carbons (Fsp3) is 0.600. The quantitative estimate of drug-likeness (QED) is 0.814. The van der Waals surface area contributed by atoms with Crippen LogP contribution in [0.2, 0.25) is 0 Å². The van der Waals surface area contributed by atoms with Crippen LogP contribution >= 0.6 is 0 Å². The van der Waals surface area contributed by atoms with Gasteiger partial charge in [-0.25, -0.2) is 4.79 Å². The zero-order valence-electron chi connectivity index (χ0n) is 12.2. The zero-order valence-corrected chi connectivity index (χ0v) is 12.2. The molecule has 1 fully saturated rings. The Morgan fingerprint density at radius 3 is 2.52 bits per heavy atom. The summed E-state index contributed by atoms with van der Waals surface area (Å²) in [4.78, 5) is 23.9. The second kappa shape index (κ2) is 6.76. The van der Waals surface area contributed by atoms with Gasteiger partial charge in [-0.1, -0.05) is 25.7 Å². The zero-order chi connectivity index (χ0) is 15.3. The van der Waals surface area contributed by atoms with Crippen molar-refractivity contribution in [1.82, 2.24) is 5.32 Å². The minimum Gasteiger partial charge on any atom is -0.480 e. The van der Waals surface area contributed by atoms with Gasteiger partial charge < -0.3 is 19.6 Å². The van der Waals surface area contributed by atoms with Gasteiger partial charge in [0.05, 0.1) is 0 Å². The monoisotopic (exact) mass is 295 g/mol. The summed E-state index contributed by atoms with van der Waals surface area (Å²) in [7, 11) is 1.53. The number of amides is 1. The molecule has 2 N–H and O–H groups in total. The topological polar surface area (TPSA) is 88.8 Å². The number of furan rings is 1. The number of carboxylic acid groups (broad SMARTS) is 1. The summed E-state index contributed by atoms with van der Waals surface area (Å²) < 4.78 is 10.3. The van der Waals surface area contributed by atoms with E-state index in [0.29, 0.717) is 18.6 Å². The number of aliphatic carboxylic acids is 1. The van der Waals surface area contributed by atoms with E-state index in [0.717, 1.165) is 25.7 Å². The van der Waals surface area contributed by atoms with E-state index in [2.05, 4.69) is 5.32 Å². The Labute approximate surface area is 123 Å². The molecule has 1 heterocycles. The molecular weight excluding hydrogens is 274 g/mol. The van der Waals surface area contributed by atoms with Gasteiger partial charge in [0, 0.05) is 7.11 Å². The second-order valence-electron chi connectivity index (χ2n) is 5.45. The molecule has 0 bridgehead atoms. The lowest BCUT2D eigenvalue weighted by molar-refractivity contribution is -0.145. The van der Waals surface area contributed by atoms with E-state index in [1.54, 1.807) is 6.07 Å². The predicted octanol–water partition coefficient (Wildman–Crippen LogP) is 2.33. The summed E-state index contributed by atoms with van der Waals surface area (Å²) >= 11 is 0. The van der Waals surface area contributed by atoms with E-state index < -0.39 is 17.4 Å². The van der Waals surface area contributed by atoms with Crippen LogP contribution in [0.4, 0.5) is 0 Å². The first-order valence-corrected chi connectivity index (χ1v) is 7.21. The van der Waals surface area contributed by atoms with Gasteiger partial charge in [-0.05, 0) is 25.0 Å². The van der Waals surface area contributed by atoms with Crippen molar-refractivity contribution < 1.29 is 23.8 Å². The lowest BCUT2D eigenvalue weighted by Gasteiger charge is -2.28. The third kappa shape index (κ3) is 3.64. The van der Waals surface area contributed by atoms with Crippen molar-refractivity contribution in [2.45, 2.75) is 50.7 Å². The Balaban J connectivity index is 2.11. The Kier molecular flexibility index (Phi) is 5.01. The fourth-order valence-corrected chi connectivity index (χ4v) is 2.72. The number of ether oxygens (including phenoxy) is 1. The van der Waals surface area contributed by atoms with Crippen molar-refractivity contribution in [1.29, 1.82) is 0 Å². The highest BCUT2D eigenvalue weighted by Gasteiger charge is 2.40. The molecule has 1 aliphatic rings. The van der Waals surface area contributed by atoms with E-state index in [1.165, 1.54) is 13.2 Å². The minimum atomic E-state index is -1.18. The maximum absolute atomic E-state index is 12.2. The normalized spacial score (nSPS) is 18.0. The van der Waals surface area contributed by atoms with Crippen molar-refractivity contribution in [3.05, 3.63) is 23.7 Å². The van der Waals surface area contributed by atoms with Crippen LogP contribution in [-0.4, -0.2) is 29.6 Å². The minimum absolute atomic E-state index is 0.118. The molecule has 6 heteroatoms. The Bertz CT molecular complexity index is 500. The van der Waals surface area contributed by atoms with Crippen LogP contribution < -0.4 is 5.32 Å². The number of methoxy groups -OCH3 is 1. The van der Waals surface area contributed by atoms with Crippen LogP contribution in [0.5, 0.6) is 0 Å². The van der Waals surface area contributed by atoms with Gasteiger partial charge in [0.25, 0.3) is 5.91 Å². The molecule has 0 radical (unpaired) electrons. The van der Waals surface area contributed by atoms with Gasteiger partial charge in [0.2, 0.25) is 0 Å². The summed E-state index contributed by atoms with van der Waals surface area (Å²) in [6.45, 7) is 0.275. The maximum Gasteiger partial charge on any atom is 0.329 e. The van der Waals surface area contributed by atoms with Gasteiger partial charge in [0.1, 0.15) is 17.9 Å². The highest BCUT2D eigenvalue weighted by atomic mass is 16.5. The molecule has 116 valence electrons. The fourth-order valence-electron chi connectivity index (χ4n) is 2.72. The first kappa shape index (κ1) is 15.6. The van der Waals surface area contributed by atoms with Gasteiger partial charge in [-0.15, -0.1) is 0 Å². The molecule has 0 saturated heterocycles. The SMILES string of the molecule is COCc1ccc(C(=O)NC2(C(=O)O)CCCCCC2)o1. The highest BCUT2D eigenvalue weighted by Crippen LogP contribution is 2.28. The Morgan fingerprint density at radius 1 is 1.29 bits per heavy atom. The van der Waals surface area contributed by atoms with Crippen molar-refractivity contribution in [2.75, 3.05) is 7.11 Å². The number of carboxylic acids is 1. The first-order chi connectivity index (χ1) is 10.1. The molecule has 1 aromatic heterocycles. The Morgan fingerprint density at radius 2 is 1.95 bits per heavy atom. The summed E-state index contributed by atoms with van der Waals surface area (Å²) in [6, 6.07) is 3.19. The highest BCUT2D eigenvalue weighted by molar-refractivity contribution is 5.95. The molecule has 21 heavy (non-hydrogen) atoms. The number of hydrogen-bond donors (Lipinski definition) is 2. The molecule has 0 atom stereocenters. The van der Waals surface area contributed by atoms with Crippen molar-refractivity contribution in [3.8, 4) is 0 Å². The van der Waals surface area contributed by atoms with Crippen molar-refractivity contribution in [3.63, 3.8) is 0 Å².